The Morgan fingerprint density at radius 3 is 2.78 bits per heavy atom. The minimum absolute atomic E-state index is 0.264. The van der Waals surface area contributed by atoms with Gasteiger partial charge in [0.15, 0.2) is 5.82 Å². The molecule has 0 bridgehead atoms. The molecule has 1 aliphatic heterocycles. The first kappa shape index (κ1) is 11.4. The molecule has 0 radical (unpaired) electrons. The van der Waals surface area contributed by atoms with E-state index in [2.05, 4.69) is 15.2 Å². The van der Waals surface area contributed by atoms with Crippen LogP contribution in [0.5, 0.6) is 0 Å². The lowest BCUT2D eigenvalue weighted by molar-refractivity contribution is 0.192. The van der Waals surface area contributed by atoms with Crippen LogP contribution in [-0.4, -0.2) is 33.1 Å². The molecule has 18 heavy (non-hydrogen) atoms. The van der Waals surface area contributed by atoms with Gasteiger partial charge in [0.1, 0.15) is 0 Å². The highest BCUT2D eigenvalue weighted by atomic mass is 16.5. The minimum atomic E-state index is 0.264. The Bertz CT molecular complexity index is 567. The average molecular weight is 248 g/mol. The van der Waals surface area contributed by atoms with Crippen molar-refractivity contribution in [3.8, 4) is 11.5 Å². The fraction of sp³-hybridized carbons (Fsp3) is 0.583. The van der Waals surface area contributed by atoms with Gasteiger partial charge in [-0.3, -0.25) is 4.68 Å². The lowest BCUT2D eigenvalue weighted by Crippen LogP contribution is -1.99. The maximum atomic E-state index is 5.37. The molecule has 0 unspecified atom stereocenters. The highest BCUT2D eigenvalue weighted by Gasteiger charge is 2.25. The van der Waals surface area contributed by atoms with Gasteiger partial charge in [0.25, 0.3) is 5.89 Å². The van der Waals surface area contributed by atoms with Crippen LogP contribution < -0.4 is 0 Å². The first-order valence-electron chi connectivity index (χ1n) is 6.08. The molecular formula is C12H16N4O2. The zero-order chi connectivity index (χ0) is 12.7. The van der Waals surface area contributed by atoms with Crippen LogP contribution >= 0.6 is 0 Å². The summed E-state index contributed by atoms with van der Waals surface area (Å²) in [6, 6.07) is 0. The second-order valence-corrected chi connectivity index (χ2v) is 4.69. The van der Waals surface area contributed by atoms with Gasteiger partial charge >= 0.3 is 0 Å². The summed E-state index contributed by atoms with van der Waals surface area (Å²) in [6.45, 7) is 5.41. The van der Waals surface area contributed by atoms with Crippen molar-refractivity contribution in [2.75, 3.05) is 13.2 Å². The van der Waals surface area contributed by atoms with E-state index in [0.717, 1.165) is 35.8 Å². The zero-order valence-electron chi connectivity index (χ0n) is 10.8. The van der Waals surface area contributed by atoms with Gasteiger partial charge in [-0.1, -0.05) is 5.16 Å². The van der Waals surface area contributed by atoms with Crippen LogP contribution in [0, 0.1) is 13.8 Å². The molecule has 2 aromatic heterocycles. The summed E-state index contributed by atoms with van der Waals surface area (Å²) in [5.41, 5.74) is 2.88. The van der Waals surface area contributed by atoms with Crippen LogP contribution in [0.1, 0.15) is 29.6 Å². The van der Waals surface area contributed by atoms with Gasteiger partial charge in [-0.05, 0) is 20.3 Å². The summed E-state index contributed by atoms with van der Waals surface area (Å²) in [7, 11) is 1.91. The average Bonchev–Trinajstić information content (AvgIpc) is 3.01. The molecule has 6 heteroatoms. The van der Waals surface area contributed by atoms with E-state index >= 15 is 0 Å². The van der Waals surface area contributed by atoms with Crippen molar-refractivity contribution < 1.29 is 9.26 Å². The van der Waals surface area contributed by atoms with E-state index in [9.17, 15) is 0 Å². The highest BCUT2D eigenvalue weighted by Crippen LogP contribution is 2.28. The molecule has 0 aliphatic carbocycles. The molecule has 0 spiro atoms. The number of hydrogen-bond acceptors (Lipinski definition) is 5. The Labute approximate surface area is 105 Å². The molecule has 3 heterocycles. The smallest absolute Gasteiger partial charge is 0.261 e. The fourth-order valence-corrected chi connectivity index (χ4v) is 2.32. The second kappa shape index (κ2) is 4.20. The monoisotopic (exact) mass is 248 g/mol. The van der Waals surface area contributed by atoms with Crippen LogP contribution in [0.3, 0.4) is 0 Å². The van der Waals surface area contributed by atoms with Crippen molar-refractivity contribution >= 4 is 0 Å². The van der Waals surface area contributed by atoms with Gasteiger partial charge in [-0.15, -0.1) is 0 Å². The molecule has 0 amide bonds. The van der Waals surface area contributed by atoms with Crippen LogP contribution in [-0.2, 0) is 11.8 Å². The van der Waals surface area contributed by atoms with Crippen LogP contribution in [0.2, 0.25) is 0 Å². The van der Waals surface area contributed by atoms with Gasteiger partial charge in [0.2, 0.25) is 0 Å². The summed E-state index contributed by atoms with van der Waals surface area (Å²) in [5.74, 6) is 1.56. The maximum absolute atomic E-state index is 5.37. The van der Waals surface area contributed by atoms with Crippen LogP contribution in [0.25, 0.3) is 11.5 Å². The largest absolute Gasteiger partial charge is 0.381 e. The first-order chi connectivity index (χ1) is 8.66. The molecule has 0 N–H and O–H groups in total. The molecule has 0 saturated carbocycles. The number of nitrogens with zero attached hydrogens (tertiary/aromatic N) is 4. The number of ether oxygens (including phenoxy) is 1. The van der Waals surface area contributed by atoms with E-state index in [1.807, 2.05) is 25.6 Å². The number of aryl methyl sites for hydroxylation is 2. The molecule has 1 saturated heterocycles. The van der Waals surface area contributed by atoms with Gasteiger partial charge in [0, 0.05) is 25.3 Å². The van der Waals surface area contributed by atoms with E-state index < -0.39 is 0 Å². The number of aromatic nitrogens is 4. The normalized spacial score (nSPS) is 19.6. The van der Waals surface area contributed by atoms with Crippen molar-refractivity contribution in [1.82, 2.24) is 19.9 Å². The van der Waals surface area contributed by atoms with Crippen LogP contribution in [0.4, 0.5) is 0 Å². The first-order valence-corrected chi connectivity index (χ1v) is 6.08. The van der Waals surface area contributed by atoms with Gasteiger partial charge in [-0.25, -0.2) is 0 Å². The number of rotatable bonds is 2. The Hall–Kier alpha value is -1.69. The quantitative estimate of drug-likeness (QED) is 0.807. The van der Waals surface area contributed by atoms with E-state index in [-0.39, 0.29) is 5.92 Å². The summed E-state index contributed by atoms with van der Waals surface area (Å²) < 4.78 is 12.5. The summed E-state index contributed by atoms with van der Waals surface area (Å²) in [4.78, 5) is 4.49. The Kier molecular flexibility index (Phi) is 2.66. The Morgan fingerprint density at radius 1 is 1.33 bits per heavy atom. The molecule has 1 fully saturated rings. The molecule has 6 nitrogen and oxygen atoms in total. The number of hydrogen-bond donors (Lipinski definition) is 0. The van der Waals surface area contributed by atoms with Crippen molar-refractivity contribution in [1.29, 1.82) is 0 Å². The van der Waals surface area contributed by atoms with Crippen molar-refractivity contribution in [3.63, 3.8) is 0 Å². The van der Waals surface area contributed by atoms with E-state index in [4.69, 9.17) is 9.26 Å². The zero-order valence-corrected chi connectivity index (χ0v) is 10.8. The highest BCUT2D eigenvalue weighted by molar-refractivity contribution is 5.59. The third kappa shape index (κ3) is 1.73. The molecule has 2 aromatic rings. The Balaban J connectivity index is 1.97. The summed E-state index contributed by atoms with van der Waals surface area (Å²) in [6.07, 6.45) is 0.962. The molecule has 1 atom stereocenters. The standard InChI is InChI=1S/C12H16N4O2/c1-7-10(8(2)16(3)14-7)12-13-11(15-18-12)9-4-5-17-6-9/h9H,4-6H2,1-3H3/t9-/m1/s1. The molecular weight excluding hydrogens is 232 g/mol. The predicted octanol–water partition coefficient (Wildman–Crippen LogP) is 1.59. The lowest BCUT2D eigenvalue weighted by atomic mass is 10.1. The van der Waals surface area contributed by atoms with E-state index in [1.54, 1.807) is 0 Å². The third-order valence-corrected chi connectivity index (χ3v) is 3.46. The van der Waals surface area contributed by atoms with Crippen molar-refractivity contribution in [2.45, 2.75) is 26.2 Å². The predicted molar refractivity (Wildman–Crippen MR) is 64.2 cm³/mol. The summed E-state index contributed by atoms with van der Waals surface area (Å²) in [5, 5.41) is 8.42. The molecule has 0 aromatic carbocycles. The maximum Gasteiger partial charge on any atom is 0.261 e. The van der Waals surface area contributed by atoms with Gasteiger partial charge in [0.05, 0.1) is 17.9 Å². The lowest BCUT2D eigenvalue weighted by Gasteiger charge is -1.98. The SMILES string of the molecule is Cc1nn(C)c(C)c1-c1nc([C@@H]2CCOC2)no1. The molecule has 96 valence electrons. The van der Waals surface area contributed by atoms with Gasteiger partial charge < -0.3 is 9.26 Å². The van der Waals surface area contributed by atoms with E-state index in [0.29, 0.717) is 12.5 Å². The molecule has 3 rings (SSSR count). The Morgan fingerprint density at radius 2 is 2.17 bits per heavy atom. The van der Waals surface area contributed by atoms with E-state index in [1.165, 1.54) is 0 Å². The minimum Gasteiger partial charge on any atom is -0.381 e. The molecule has 1 aliphatic rings. The van der Waals surface area contributed by atoms with Crippen molar-refractivity contribution in [3.05, 3.63) is 17.2 Å². The second-order valence-electron chi connectivity index (χ2n) is 4.69. The van der Waals surface area contributed by atoms with Crippen LogP contribution in [0.15, 0.2) is 4.52 Å². The summed E-state index contributed by atoms with van der Waals surface area (Å²) >= 11 is 0. The van der Waals surface area contributed by atoms with Gasteiger partial charge in [-0.2, -0.15) is 10.1 Å². The van der Waals surface area contributed by atoms with Crippen molar-refractivity contribution in [2.24, 2.45) is 7.05 Å². The third-order valence-electron chi connectivity index (χ3n) is 3.46. The fourth-order valence-electron chi connectivity index (χ4n) is 2.32. The topological polar surface area (TPSA) is 66.0 Å².